The largest absolute Gasteiger partial charge is 0.479 e. The number of nitriles is 1. The number of rotatable bonds is 4. The van der Waals surface area contributed by atoms with E-state index < -0.39 is 12.1 Å². The van der Waals surface area contributed by atoms with Crippen LogP contribution in [0.15, 0.2) is 30.6 Å². The predicted molar refractivity (Wildman–Crippen MR) is 56.0 cm³/mol. The van der Waals surface area contributed by atoms with E-state index in [1.807, 2.05) is 6.07 Å². The molecule has 0 radical (unpaired) electrons. The summed E-state index contributed by atoms with van der Waals surface area (Å²) in [6, 6.07) is 5.08. The van der Waals surface area contributed by atoms with Gasteiger partial charge in [0.2, 0.25) is 0 Å². The van der Waals surface area contributed by atoms with E-state index in [2.05, 4.69) is 4.98 Å². The van der Waals surface area contributed by atoms with E-state index in [-0.39, 0.29) is 5.76 Å². The highest BCUT2D eigenvalue weighted by molar-refractivity contribution is 5.74. The van der Waals surface area contributed by atoms with Gasteiger partial charge >= 0.3 is 5.97 Å². The maximum Gasteiger partial charge on any atom is 0.344 e. The number of ether oxygens (including phenoxy) is 1. The fraction of sp³-hybridized carbons (Fsp3) is 0.182. The maximum absolute atomic E-state index is 10.6. The summed E-state index contributed by atoms with van der Waals surface area (Å²) in [5.74, 6) is -0.863. The van der Waals surface area contributed by atoms with Crippen LogP contribution in [-0.2, 0) is 9.53 Å². The molecule has 1 unspecified atom stereocenters. The van der Waals surface area contributed by atoms with Crippen molar-refractivity contribution in [3.8, 4) is 6.07 Å². The van der Waals surface area contributed by atoms with Crippen LogP contribution < -0.4 is 0 Å². The van der Waals surface area contributed by atoms with Crippen LogP contribution in [0.1, 0.15) is 12.5 Å². The highest BCUT2D eigenvalue weighted by atomic mass is 16.5. The molecule has 0 aliphatic rings. The lowest BCUT2D eigenvalue weighted by Crippen LogP contribution is -2.19. The van der Waals surface area contributed by atoms with Gasteiger partial charge in [0.15, 0.2) is 6.10 Å². The van der Waals surface area contributed by atoms with Crippen molar-refractivity contribution in [2.45, 2.75) is 13.0 Å². The Morgan fingerprint density at radius 3 is 2.75 bits per heavy atom. The number of aromatic nitrogens is 1. The summed E-state index contributed by atoms with van der Waals surface area (Å²) >= 11 is 0. The first-order chi connectivity index (χ1) is 7.65. The molecule has 0 aliphatic heterocycles. The Labute approximate surface area is 92.6 Å². The van der Waals surface area contributed by atoms with Gasteiger partial charge < -0.3 is 9.84 Å². The molecular formula is C11H10N2O3. The number of carboxylic acid groups (broad SMARTS) is 1. The molecule has 1 aromatic rings. The van der Waals surface area contributed by atoms with Gasteiger partial charge in [-0.2, -0.15) is 5.26 Å². The quantitative estimate of drug-likeness (QED) is 0.610. The van der Waals surface area contributed by atoms with E-state index in [1.165, 1.54) is 19.3 Å². The fourth-order valence-electron chi connectivity index (χ4n) is 1.00. The zero-order chi connectivity index (χ0) is 12.0. The third-order valence-corrected chi connectivity index (χ3v) is 1.81. The molecular weight excluding hydrogens is 208 g/mol. The van der Waals surface area contributed by atoms with Gasteiger partial charge in [-0.3, -0.25) is 4.98 Å². The van der Waals surface area contributed by atoms with Crippen molar-refractivity contribution in [3.05, 3.63) is 36.2 Å². The van der Waals surface area contributed by atoms with Crippen LogP contribution in [-0.4, -0.2) is 22.2 Å². The van der Waals surface area contributed by atoms with Crippen LogP contribution in [0, 0.1) is 11.3 Å². The molecule has 82 valence electrons. The molecule has 0 bridgehead atoms. The Bertz CT molecular complexity index is 434. The number of carbonyl (C=O) groups is 1. The van der Waals surface area contributed by atoms with Crippen molar-refractivity contribution in [3.63, 3.8) is 0 Å². The Morgan fingerprint density at radius 1 is 1.62 bits per heavy atom. The molecule has 0 fully saturated rings. The smallest absolute Gasteiger partial charge is 0.344 e. The first-order valence-corrected chi connectivity index (χ1v) is 4.54. The van der Waals surface area contributed by atoms with Crippen LogP contribution in [0.4, 0.5) is 0 Å². The van der Waals surface area contributed by atoms with E-state index in [1.54, 1.807) is 12.1 Å². The minimum Gasteiger partial charge on any atom is -0.479 e. The fourth-order valence-corrected chi connectivity index (χ4v) is 1.00. The van der Waals surface area contributed by atoms with Crippen LogP contribution in [0.2, 0.25) is 0 Å². The second-order valence-electron chi connectivity index (χ2n) is 2.97. The Morgan fingerprint density at radius 2 is 2.25 bits per heavy atom. The summed E-state index contributed by atoms with van der Waals surface area (Å²) in [5.41, 5.74) is 0.615. The van der Waals surface area contributed by atoms with Crippen molar-refractivity contribution >= 4 is 11.7 Å². The minimum absolute atomic E-state index is 0.222. The van der Waals surface area contributed by atoms with E-state index in [4.69, 9.17) is 15.1 Å². The topological polar surface area (TPSA) is 83.2 Å². The molecule has 0 amide bonds. The van der Waals surface area contributed by atoms with Gasteiger partial charge in [-0.15, -0.1) is 0 Å². The maximum atomic E-state index is 10.6. The van der Waals surface area contributed by atoms with Gasteiger partial charge in [0, 0.05) is 18.0 Å². The van der Waals surface area contributed by atoms with Crippen molar-refractivity contribution in [1.82, 2.24) is 4.98 Å². The second-order valence-corrected chi connectivity index (χ2v) is 2.97. The number of pyridine rings is 1. The zero-order valence-electron chi connectivity index (χ0n) is 8.62. The summed E-state index contributed by atoms with van der Waals surface area (Å²) in [7, 11) is 0. The van der Waals surface area contributed by atoms with Crippen LogP contribution in [0.3, 0.4) is 0 Å². The van der Waals surface area contributed by atoms with E-state index in [0.29, 0.717) is 5.56 Å². The summed E-state index contributed by atoms with van der Waals surface area (Å²) in [5, 5.41) is 17.3. The molecule has 0 aromatic carbocycles. The molecule has 1 atom stereocenters. The van der Waals surface area contributed by atoms with E-state index in [9.17, 15) is 4.79 Å². The Balaban J connectivity index is 2.91. The van der Waals surface area contributed by atoms with Crippen molar-refractivity contribution in [2.75, 3.05) is 0 Å². The van der Waals surface area contributed by atoms with Gasteiger partial charge in [0.25, 0.3) is 0 Å². The first kappa shape index (κ1) is 11.7. The third-order valence-electron chi connectivity index (χ3n) is 1.81. The van der Waals surface area contributed by atoms with Gasteiger partial charge in [-0.05, 0) is 19.1 Å². The summed E-state index contributed by atoms with van der Waals surface area (Å²) in [6.45, 7) is 1.40. The molecule has 0 saturated carbocycles. The molecule has 0 saturated heterocycles. The van der Waals surface area contributed by atoms with E-state index >= 15 is 0 Å². The highest BCUT2D eigenvalue weighted by Crippen LogP contribution is 2.16. The lowest BCUT2D eigenvalue weighted by atomic mass is 10.2. The van der Waals surface area contributed by atoms with Crippen LogP contribution >= 0.6 is 0 Å². The Hall–Kier alpha value is -2.35. The van der Waals surface area contributed by atoms with Crippen molar-refractivity contribution < 1.29 is 14.6 Å². The predicted octanol–water partition coefficient (Wildman–Crippen LogP) is 1.44. The second kappa shape index (κ2) is 5.51. The van der Waals surface area contributed by atoms with E-state index in [0.717, 1.165) is 6.08 Å². The van der Waals surface area contributed by atoms with Gasteiger partial charge in [0.1, 0.15) is 5.76 Å². The molecule has 5 heteroatoms. The third kappa shape index (κ3) is 3.10. The standard InChI is InChI=1S/C11H10N2O3/c1-8(11(14)15)16-10(2-5-12)9-3-6-13-7-4-9/h2-4,6-8H,1H3,(H,14,15). The molecule has 1 heterocycles. The summed E-state index contributed by atoms with van der Waals surface area (Å²) in [4.78, 5) is 14.4. The number of carboxylic acids is 1. The Kier molecular flexibility index (Phi) is 4.04. The molecule has 1 rings (SSSR count). The highest BCUT2D eigenvalue weighted by Gasteiger charge is 2.14. The monoisotopic (exact) mass is 218 g/mol. The lowest BCUT2D eigenvalue weighted by molar-refractivity contribution is -0.145. The SMILES string of the molecule is CC(OC(=CC#N)c1ccncc1)C(=O)O. The van der Waals surface area contributed by atoms with Crippen molar-refractivity contribution in [2.24, 2.45) is 0 Å². The molecule has 5 nitrogen and oxygen atoms in total. The van der Waals surface area contributed by atoms with Gasteiger partial charge in [0.05, 0.1) is 12.1 Å². The molecule has 16 heavy (non-hydrogen) atoms. The number of aliphatic carboxylic acids is 1. The average Bonchev–Trinajstić information content (AvgIpc) is 2.29. The lowest BCUT2D eigenvalue weighted by Gasteiger charge is -2.12. The number of nitrogens with zero attached hydrogens (tertiary/aromatic N) is 2. The normalized spacial score (nSPS) is 12.6. The summed E-state index contributed by atoms with van der Waals surface area (Å²) in [6.07, 6.45) is 3.23. The van der Waals surface area contributed by atoms with Gasteiger partial charge in [-0.1, -0.05) is 0 Å². The number of hydrogen-bond donors (Lipinski definition) is 1. The average molecular weight is 218 g/mol. The number of hydrogen-bond acceptors (Lipinski definition) is 4. The van der Waals surface area contributed by atoms with Crippen molar-refractivity contribution in [1.29, 1.82) is 5.26 Å². The summed E-state index contributed by atoms with van der Waals surface area (Å²) < 4.78 is 5.15. The van der Waals surface area contributed by atoms with Crippen LogP contribution in [0.5, 0.6) is 0 Å². The molecule has 0 spiro atoms. The molecule has 0 aliphatic carbocycles. The molecule has 1 N–H and O–H groups in total. The van der Waals surface area contributed by atoms with Crippen LogP contribution in [0.25, 0.3) is 5.76 Å². The molecule has 1 aromatic heterocycles. The number of allylic oxidation sites excluding steroid dienone is 1. The van der Waals surface area contributed by atoms with Gasteiger partial charge in [-0.25, -0.2) is 4.79 Å². The minimum atomic E-state index is -1.09. The zero-order valence-corrected chi connectivity index (χ0v) is 8.62. The first-order valence-electron chi connectivity index (χ1n) is 4.54.